The van der Waals surface area contributed by atoms with Gasteiger partial charge in [0.2, 0.25) is 0 Å². The summed E-state index contributed by atoms with van der Waals surface area (Å²) in [6.45, 7) is 2.18. The third-order valence-corrected chi connectivity index (χ3v) is 3.30. The van der Waals surface area contributed by atoms with Gasteiger partial charge < -0.3 is 5.11 Å². The number of benzene rings is 1. The molecule has 0 amide bonds. The van der Waals surface area contributed by atoms with E-state index < -0.39 is 5.97 Å². The van der Waals surface area contributed by atoms with Crippen LogP contribution in [0.5, 0.6) is 0 Å². The number of carboxylic acid groups (broad SMARTS) is 1. The van der Waals surface area contributed by atoms with Gasteiger partial charge in [-0.1, -0.05) is 37.6 Å². The van der Waals surface area contributed by atoms with Crippen LogP contribution in [0.1, 0.15) is 30.9 Å². The van der Waals surface area contributed by atoms with Crippen LogP contribution in [0.2, 0.25) is 0 Å². The summed E-state index contributed by atoms with van der Waals surface area (Å²) in [5.41, 5.74) is 2.64. The first-order chi connectivity index (χ1) is 7.70. The predicted molar refractivity (Wildman–Crippen MR) is 63.4 cm³/mol. The number of aryl methyl sites for hydroxylation is 1. The highest BCUT2D eigenvalue weighted by Gasteiger charge is 2.42. The minimum Gasteiger partial charge on any atom is -0.481 e. The number of hydrogen-bond acceptors (Lipinski definition) is 1. The summed E-state index contributed by atoms with van der Waals surface area (Å²) >= 11 is 0. The van der Waals surface area contributed by atoms with E-state index in [9.17, 15) is 4.79 Å². The van der Waals surface area contributed by atoms with E-state index in [0.717, 1.165) is 19.3 Å². The number of carbonyl (C=O) groups is 1. The molecule has 2 nitrogen and oxygen atoms in total. The van der Waals surface area contributed by atoms with Gasteiger partial charge in [-0.2, -0.15) is 0 Å². The van der Waals surface area contributed by atoms with Crippen LogP contribution in [0, 0.1) is 11.8 Å². The number of rotatable bonds is 5. The number of aliphatic carboxylic acids is 1. The Bertz CT molecular complexity index is 367. The molecule has 0 aliphatic heterocycles. The zero-order chi connectivity index (χ0) is 11.5. The van der Waals surface area contributed by atoms with Gasteiger partial charge in [-0.15, -0.1) is 0 Å². The van der Waals surface area contributed by atoms with E-state index in [0.29, 0.717) is 5.92 Å². The Labute approximate surface area is 96.3 Å². The SMILES string of the molecule is CCCc1ccc(CC2CC2C(=O)O)cc1. The summed E-state index contributed by atoms with van der Waals surface area (Å²) < 4.78 is 0. The Morgan fingerprint density at radius 2 is 1.94 bits per heavy atom. The van der Waals surface area contributed by atoms with Crippen LogP contribution in [-0.4, -0.2) is 11.1 Å². The first-order valence-corrected chi connectivity index (χ1v) is 6.01. The largest absolute Gasteiger partial charge is 0.481 e. The molecule has 1 saturated carbocycles. The molecule has 1 aliphatic carbocycles. The summed E-state index contributed by atoms with van der Waals surface area (Å²) in [4.78, 5) is 10.7. The molecule has 0 heterocycles. The van der Waals surface area contributed by atoms with E-state index in [1.807, 2.05) is 0 Å². The van der Waals surface area contributed by atoms with Crippen molar-refractivity contribution in [3.63, 3.8) is 0 Å². The number of hydrogen-bond donors (Lipinski definition) is 1. The molecular formula is C14H18O2. The molecule has 2 atom stereocenters. The van der Waals surface area contributed by atoms with Crippen LogP contribution >= 0.6 is 0 Å². The normalized spacial score (nSPS) is 23.1. The molecule has 16 heavy (non-hydrogen) atoms. The van der Waals surface area contributed by atoms with Crippen LogP contribution in [0.25, 0.3) is 0 Å². The zero-order valence-corrected chi connectivity index (χ0v) is 9.65. The topological polar surface area (TPSA) is 37.3 Å². The maximum atomic E-state index is 10.7. The maximum Gasteiger partial charge on any atom is 0.306 e. The maximum absolute atomic E-state index is 10.7. The van der Waals surface area contributed by atoms with E-state index in [2.05, 4.69) is 31.2 Å². The van der Waals surface area contributed by atoms with Gasteiger partial charge in [-0.25, -0.2) is 0 Å². The second-order valence-electron chi connectivity index (χ2n) is 4.71. The monoisotopic (exact) mass is 218 g/mol. The average molecular weight is 218 g/mol. The molecule has 1 fully saturated rings. The van der Waals surface area contributed by atoms with E-state index >= 15 is 0 Å². The highest BCUT2D eigenvalue weighted by Crippen LogP contribution is 2.41. The van der Waals surface area contributed by atoms with Crippen LogP contribution < -0.4 is 0 Å². The van der Waals surface area contributed by atoms with Gasteiger partial charge >= 0.3 is 5.97 Å². The Morgan fingerprint density at radius 1 is 1.31 bits per heavy atom. The summed E-state index contributed by atoms with van der Waals surface area (Å²) in [5.74, 6) is -0.350. The zero-order valence-electron chi connectivity index (χ0n) is 9.65. The minimum atomic E-state index is -0.632. The fourth-order valence-corrected chi connectivity index (χ4v) is 2.21. The van der Waals surface area contributed by atoms with E-state index in [1.165, 1.54) is 17.5 Å². The second-order valence-corrected chi connectivity index (χ2v) is 4.71. The molecular weight excluding hydrogens is 200 g/mol. The quantitative estimate of drug-likeness (QED) is 0.825. The lowest BCUT2D eigenvalue weighted by Gasteiger charge is -2.02. The molecule has 0 aromatic heterocycles. The molecule has 2 unspecified atom stereocenters. The standard InChI is InChI=1S/C14H18O2/c1-2-3-10-4-6-11(7-5-10)8-12-9-13(12)14(15)16/h4-7,12-13H,2-3,8-9H2,1H3,(H,15,16). The van der Waals surface area contributed by atoms with E-state index in [4.69, 9.17) is 5.11 Å². The molecule has 2 heteroatoms. The molecule has 1 N–H and O–H groups in total. The fourth-order valence-electron chi connectivity index (χ4n) is 2.21. The lowest BCUT2D eigenvalue weighted by Crippen LogP contribution is -2.01. The van der Waals surface area contributed by atoms with Gasteiger partial charge in [0.25, 0.3) is 0 Å². The van der Waals surface area contributed by atoms with Gasteiger partial charge in [-0.05, 0) is 36.3 Å². The molecule has 0 spiro atoms. The smallest absolute Gasteiger partial charge is 0.306 e. The lowest BCUT2D eigenvalue weighted by atomic mass is 10.0. The molecule has 2 rings (SSSR count). The molecule has 0 saturated heterocycles. The molecule has 0 radical (unpaired) electrons. The Balaban J connectivity index is 1.89. The van der Waals surface area contributed by atoms with Crippen molar-refractivity contribution in [1.82, 2.24) is 0 Å². The van der Waals surface area contributed by atoms with Crippen molar-refractivity contribution in [1.29, 1.82) is 0 Å². The first kappa shape index (κ1) is 11.2. The Morgan fingerprint density at radius 3 is 2.44 bits per heavy atom. The van der Waals surface area contributed by atoms with E-state index in [1.54, 1.807) is 0 Å². The Hall–Kier alpha value is -1.31. The summed E-state index contributed by atoms with van der Waals surface area (Å²) in [6, 6.07) is 8.61. The highest BCUT2D eigenvalue weighted by molar-refractivity contribution is 5.73. The van der Waals surface area contributed by atoms with Gasteiger partial charge in [0, 0.05) is 0 Å². The van der Waals surface area contributed by atoms with Crippen molar-refractivity contribution in [2.24, 2.45) is 11.8 Å². The van der Waals surface area contributed by atoms with Crippen LogP contribution in [-0.2, 0) is 17.6 Å². The lowest BCUT2D eigenvalue weighted by molar-refractivity contribution is -0.138. The molecule has 1 aromatic rings. The van der Waals surface area contributed by atoms with E-state index in [-0.39, 0.29) is 5.92 Å². The summed E-state index contributed by atoms with van der Waals surface area (Å²) in [6.07, 6.45) is 4.07. The average Bonchev–Trinajstić information content (AvgIpc) is 3.01. The molecule has 1 aliphatic rings. The third-order valence-electron chi connectivity index (χ3n) is 3.30. The molecule has 1 aromatic carbocycles. The van der Waals surface area contributed by atoms with Crippen LogP contribution in [0.3, 0.4) is 0 Å². The van der Waals surface area contributed by atoms with Gasteiger partial charge in [0.1, 0.15) is 0 Å². The van der Waals surface area contributed by atoms with Crippen molar-refractivity contribution < 1.29 is 9.90 Å². The van der Waals surface area contributed by atoms with Crippen molar-refractivity contribution in [2.75, 3.05) is 0 Å². The number of carboxylic acids is 1. The van der Waals surface area contributed by atoms with Crippen molar-refractivity contribution in [3.8, 4) is 0 Å². The van der Waals surface area contributed by atoms with Crippen molar-refractivity contribution in [2.45, 2.75) is 32.6 Å². The van der Waals surface area contributed by atoms with Crippen LogP contribution in [0.15, 0.2) is 24.3 Å². The van der Waals surface area contributed by atoms with Gasteiger partial charge in [0.15, 0.2) is 0 Å². The van der Waals surface area contributed by atoms with Gasteiger partial charge in [0.05, 0.1) is 5.92 Å². The minimum absolute atomic E-state index is 0.0877. The first-order valence-electron chi connectivity index (χ1n) is 6.01. The summed E-state index contributed by atoms with van der Waals surface area (Å²) in [5, 5.41) is 8.82. The van der Waals surface area contributed by atoms with Crippen molar-refractivity contribution in [3.05, 3.63) is 35.4 Å². The Kier molecular flexibility index (Phi) is 3.28. The third kappa shape index (κ3) is 2.63. The van der Waals surface area contributed by atoms with Crippen molar-refractivity contribution >= 4 is 5.97 Å². The molecule has 0 bridgehead atoms. The van der Waals surface area contributed by atoms with Crippen LogP contribution in [0.4, 0.5) is 0 Å². The summed E-state index contributed by atoms with van der Waals surface area (Å²) in [7, 11) is 0. The fraction of sp³-hybridized carbons (Fsp3) is 0.500. The van der Waals surface area contributed by atoms with Gasteiger partial charge in [-0.3, -0.25) is 4.79 Å². The highest BCUT2D eigenvalue weighted by atomic mass is 16.4. The second kappa shape index (κ2) is 4.69. The molecule has 86 valence electrons. The predicted octanol–water partition coefficient (Wildman–Crippen LogP) is 2.90.